The fraction of sp³-hybridized carbons (Fsp3) is 0.167. The summed E-state index contributed by atoms with van der Waals surface area (Å²) in [6.45, 7) is 0.546. The Morgan fingerprint density at radius 3 is 2.81 bits per heavy atom. The number of nitrogens with one attached hydrogen (secondary N) is 2. The first kappa shape index (κ1) is 16.7. The lowest BCUT2D eigenvalue weighted by Gasteiger charge is -2.08. The van der Waals surface area contributed by atoms with Gasteiger partial charge < -0.3 is 5.32 Å². The van der Waals surface area contributed by atoms with E-state index in [1.807, 2.05) is 0 Å². The zero-order valence-electron chi connectivity index (χ0n) is 10.8. The number of hydrogen-bond donors (Lipinski definition) is 2. The summed E-state index contributed by atoms with van der Waals surface area (Å²) in [6, 6.07) is 5.67. The van der Waals surface area contributed by atoms with Gasteiger partial charge in [0.25, 0.3) is 10.0 Å². The van der Waals surface area contributed by atoms with Gasteiger partial charge in [0, 0.05) is 11.4 Å². The van der Waals surface area contributed by atoms with Gasteiger partial charge in [-0.05, 0) is 41.2 Å². The van der Waals surface area contributed by atoms with Gasteiger partial charge in [-0.3, -0.25) is 4.72 Å². The number of halogens is 3. The van der Waals surface area contributed by atoms with Crippen LogP contribution in [0.5, 0.6) is 0 Å². The molecule has 0 spiro atoms. The van der Waals surface area contributed by atoms with Crippen molar-refractivity contribution in [2.45, 2.75) is 11.4 Å². The zero-order chi connectivity index (χ0) is 15.6. The quantitative estimate of drug-likeness (QED) is 0.783. The van der Waals surface area contributed by atoms with Crippen molar-refractivity contribution in [1.82, 2.24) is 5.32 Å². The Kier molecular flexibility index (Phi) is 5.26. The Morgan fingerprint density at radius 2 is 2.14 bits per heavy atom. The van der Waals surface area contributed by atoms with Crippen LogP contribution < -0.4 is 10.0 Å². The molecule has 1 heterocycles. The zero-order valence-corrected chi connectivity index (χ0v) is 14.8. The second-order valence-corrected chi connectivity index (χ2v) is 8.60. The minimum absolute atomic E-state index is 0.0668. The van der Waals surface area contributed by atoms with E-state index >= 15 is 0 Å². The highest BCUT2D eigenvalue weighted by molar-refractivity contribution is 9.11. The van der Waals surface area contributed by atoms with Gasteiger partial charge in [0.15, 0.2) is 5.82 Å². The monoisotopic (exact) mass is 412 g/mol. The molecule has 9 heteroatoms. The third-order valence-corrected chi connectivity index (χ3v) is 6.45. The first-order valence-electron chi connectivity index (χ1n) is 5.75. The first-order valence-corrected chi connectivity index (χ1v) is 9.22. The molecule has 0 aliphatic carbocycles. The summed E-state index contributed by atoms with van der Waals surface area (Å²) >= 11 is 10.2. The number of rotatable bonds is 5. The molecular formula is C12H11BrClFN2O2S2. The topological polar surface area (TPSA) is 58.2 Å². The van der Waals surface area contributed by atoms with Gasteiger partial charge in [0.1, 0.15) is 4.90 Å². The van der Waals surface area contributed by atoms with Gasteiger partial charge in [-0.2, -0.15) is 0 Å². The van der Waals surface area contributed by atoms with Crippen LogP contribution in [-0.2, 0) is 16.6 Å². The summed E-state index contributed by atoms with van der Waals surface area (Å²) < 4.78 is 41.1. The van der Waals surface area contributed by atoms with Crippen LogP contribution in [0.2, 0.25) is 5.02 Å². The third-order valence-electron chi connectivity index (χ3n) is 2.54. The molecule has 21 heavy (non-hydrogen) atoms. The molecule has 0 radical (unpaired) electrons. The van der Waals surface area contributed by atoms with Crippen molar-refractivity contribution in [2.24, 2.45) is 0 Å². The number of benzene rings is 1. The standard InChI is InChI=1S/C12H11BrClFN2O2S2/c1-16-6-7-5-10(12(13)20-7)21(18,19)17-9-4-2-3-8(14)11(9)15/h2-5,16-17H,6H2,1H3. The molecule has 0 aliphatic rings. The van der Waals surface area contributed by atoms with Crippen molar-refractivity contribution in [1.29, 1.82) is 0 Å². The maximum Gasteiger partial charge on any atom is 0.263 e. The smallest absolute Gasteiger partial charge is 0.263 e. The Hall–Kier alpha value is -0.670. The molecule has 0 atom stereocenters. The molecule has 2 aromatic rings. The summed E-state index contributed by atoms with van der Waals surface area (Å²) in [5.41, 5.74) is -0.184. The number of anilines is 1. The molecule has 0 amide bonds. The van der Waals surface area contributed by atoms with Gasteiger partial charge in [-0.25, -0.2) is 12.8 Å². The fourth-order valence-corrected chi connectivity index (χ4v) is 5.55. The average Bonchev–Trinajstić information content (AvgIpc) is 2.77. The number of thiophene rings is 1. The molecule has 4 nitrogen and oxygen atoms in total. The first-order chi connectivity index (χ1) is 9.85. The third kappa shape index (κ3) is 3.75. The second-order valence-electron chi connectivity index (χ2n) is 4.09. The predicted octanol–water partition coefficient (Wildman–Crippen LogP) is 3.82. The molecule has 1 aromatic carbocycles. The summed E-state index contributed by atoms with van der Waals surface area (Å²) in [4.78, 5) is 0.911. The SMILES string of the molecule is CNCc1cc(S(=O)(=O)Nc2cccc(Cl)c2F)c(Br)s1. The molecular weight excluding hydrogens is 403 g/mol. The van der Waals surface area contributed by atoms with Gasteiger partial charge >= 0.3 is 0 Å². The van der Waals surface area contributed by atoms with Crippen LogP contribution in [0.1, 0.15) is 4.88 Å². The van der Waals surface area contributed by atoms with E-state index in [0.29, 0.717) is 10.3 Å². The van der Waals surface area contributed by atoms with Gasteiger partial charge in [0.2, 0.25) is 0 Å². The summed E-state index contributed by atoms with van der Waals surface area (Å²) in [5, 5.41) is 2.80. The Labute approximate surface area is 139 Å². The normalized spacial score (nSPS) is 11.6. The summed E-state index contributed by atoms with van der Waals surface area (Å²) in [5.74, 6) is -0.801. The van der Waals surface area contributed by atoms with Crippen LogP contribution in [0, 0.1) is 5.82 Å². The van der Waals surface area contributed by atoms with Crippen molar-refractivity contribution in [3.8, 4) is 0 Å². The second kappa shape index (κ2) is 6.62. The van der Waals surface area contributed by atoms with Crippen LogP contribution in [-0.4, -0.2) is 15.5 Å². The van der Waals surface area contributed by atoms with E-state index in [4.69, 9.17) is 11.6 Å². The fourth-order valence-electron chi connectivity index (χ4n) is 1.62. The maximum absolute atomic E-state index is 13.8. The lowest BCUT2D eigenvalue weighted by Crippen LogP contribution is -2.14. The average molecular weight is 414 g/mol. The van der Waals surface area contributed by atoms with Gasteiger partial charge in [-0.15, -0.1) is 11.3 Å². The molecule has 0 unspecified atom stereocenters. The Bertz CT molecular complexity index is 765. The Morgan fingerprint density at radius 1 is 1.43 bits per heavy atom. The van der Waals surface area contributed by atoms with Crippen molar-refractivity contribution >= 4 is 54.6 Å². The van der Waals surface area contributed by atoms with Crippen molar-refractivity contribution in [3.63, 3.8) is 0 Å². The number of hydrogen-bond acceptors (Lipinski definition) is 4. The van der Waals surface area contributed by atoms with E-state index in [0.717, 1.165) is 4.88 Å². The predicted molar refractivity (Wildman–Crippen MR) is 87.0 cm³/mol. The molecule has 2 N–H and O–H groups in total. The van der Waals surface area contributed by atoms with Crippen LogP contribution in [0.25, 0.3) is 0 Å². The van der Waals surface area contributed by atoms with Crippen molar-refractivity contribution in [3.05, 3.63) is 43.8 Å². The van der Waals surface area contributed by atoms with Gasteiger partial charge in [0.05, 0.1) is 14.5 Å². The van der Waals surface area contributed by atoms with E-state index in [1.165, 1.54) is 35.6 Å². The highest BCUT2D eigenvalue weighted by Crippen LogP contribution is 2.33. The van der Waals surface area contributed by atoms with Crippen molar-refractivity contribution in [2.75, 3.05) is 11.8 Å². The minimum atomic E-state index is -3.89. The molecule has 1 aromatic heterocycles. The lowest BCUT2D eigenvalue weighted by molar-refractivity contribution is 0.598. The van der Waals surface area contributed by atoms with Crippen LogP contribution >= 0.6 is 38.9 Å². The molecule has 0 bridgehead atoms. The largest absolute Gasteiger partial charge is 0.315 e. The highest BCUT2D eigenvalue weighted by atomic mass is 79.9. The van der Waals surface area contributed by atoms with E-state index in [-0.39, 0.29) is 15.6 Å². The van der Waals surface area contributed by atoms with E-state index < -0.39 is 15.8 Å². The minimum Gasteiger partial charge on any atom is -0.315 e. The van der Waals surface area contributed by atoms with Crippen LogP contribution in [0.3, 0.4) is 0 Å². The maximum atomic E-state index is 13.8. The molecule has 0 fully saturated rings. The van der Waals surface area contributed by atoms with E-state index in [2.05, 4.69) is 26.0 Å². The molecule has 0 saturated heterocycles. The highest BCUT2D eigenvalue weighted by Gasteiger charge is 2.22. The van der Waals surface area contributed by atoms with Gasteiger partial charge in [-0.1, -0.05) is 17.7 Å². The summed E-state index contributed by atoms with van der Waals surface area (Å²) in [6.07, 6.45) is 0. The lowest BCUT2D eigenvalue weighted by atomic mass is 10.3. The molecule has 2 rings (SSSR count). The molecule has 114 valence electrons. The molecule has 0 saturated carbocycles. The number of sulfonamides is 1. The van der Waals surface area contributed by atoms with Crippen molar-refractivity contribution < 1.29 is 12.8 Å². The van der Waals surface area contributed by atoms with Crippen LogP contribution in [0.15, 0.2) is 32.9 Å². The van der Waals surface area contributed by atoms with Crippen LogP contribution in [0.4, 0.5) is 10.1 Å². The summed E-state index contributed by atoms with van der Waals surface area (Å²) in [7, 11) is -2.13. The Balaban J connectivity index is 2.36. The van der Waals surface area contributed by atoms with E-state index in [1.54, 1.807) is 7.05 Å². The van der Waals surface area contributed by atoms with E-state index in [9.17, 15) is 12.8 Å². The molecule has 0 aliphatic heterocycles.